The second-order valence-corrected chi connectivity index (χ2v) is 29.5. The molecule has 40 atom stereocenters. The Labute approximate surface area is 610 Å². The lowest BCUT2D eigenvalue weighted by molar-refractivity contribution is -0.405. The lowest BCUT2D eigenvalue weighted by atomic mass is 9.94. The van der Waals surface area contributed by atoms with Crippen molar-refractivity contribution >= 4 is 20.2 Å². The Hall–Kier alpha value is -3.34. The predicted molar refractivity (Wildman–Crippen MR) is 330 cm³/mol. The zero-order valence-corrected chi connectivity index (χ0v) is 57.5. The van der Waals surface area contributed by atoms with Gasteiger partial charge >= 0.3 is 10.1 Å². The summed E-state index contributed by atoms with van der Waals surface area (Å²) in [7, 11) is -9.56. The molecule has 2 aromatic rings. The van der Waals surface area contributed by atoms with Gasteiger partial charge in [0.25, 0.3) is 10.1 Å². The van der Waals surface area contributed by atoms with Crippen molar-refractivity contribution in [3.63, 3.8) is 0 Å². The number of benzene rings is 2. The van der Waals surface area contributed by atoms with Crippen LogP contribution in [0.1, 0.15) is 0 Å². The summed E-state index contributed by atoms with van der Waals surface area (Å²) in [6.45, 7) is -9.27. The Bertz CT molecular complexity index is 3390. The van der Waals surface area contributed by atoms with E-state index in [1.165, 1.54) is 24.3 Å². The fourth-order valence-corrected chi connectivity index (χ4v) is 14.9. The molecule has 48 heteroatoms. The molecule has 46 nitrogen and oxygen atoms in total. The van der Waals surface area contributed by atoms with Crippen molar-refractivity contribution in [1.29, 1.82) is 0 Å². The first-order valence-electron chi connectivity index (χ1n) is 33.6. The smallest absolute Gasteiger partial charge is 0.323 e. The highest BCUT2D eigenvalue weighted by atomic mass is 32.2. The van der Waals surface area contributed by atoms with Crippen LogP contribution in [0.4, 0.5) is 0 Å². The molecular weight excluding hydrogens is 1520 g/mol. The van der Waals surface area contributed by atoms with E-state index in [1.54, 1.807) is 0 Å². The zero-order valence-electron chi connectivity index (χ0n) is 55.9. The third-order valence-corrected chi connectivity index (χ3v) is 21.7. The molecule has 0 saturated carbocycles. The Morgan fingerprint density at radius 3 is 0.611 bits per heavy atom. The average Bonchev–Trinajstić information content (AvgIpc) is 0.773. The number of ether oxygens (including phenoxy) is 16. The van der Waals surface area contributed by atoms with Crippen LogP contribution in [0.15, 0.2) is 58.3 Å². The molecule has 0 spiro atoms. The zero-order chi connectivity index (χ0) is 78.4. The van der Waals surface area contributed by atoms with Gasteiger partial charge in [-0.2, -0.15) is 16.8 Å². The summed E-state index contributed by atoms with van der Waals surface area (Å²) >= 11 is 0. The van der Waals surface area contributed by atoms with Gasteiger partial charge in [0.05, 0.1) is 56.0 Å². The summed E-state index contributed by atoms with van der Waals surface area (Å²) in [5, 5.41) is 259. The average molecular weight is 1610 g/mol. The van der Waals surface area contributed by atoms with Gasteiger partial charge in [-0.1, -0.05) is 24.3 Å². The number of aliphatic hydroxyl groups excluding tert-OH is 23. The third kappa shape index (κ3) is 17.6. The third-order valence-electron chi connectivity index (χ3n) is 19.7. The van der Waals surface area contributed by atoms with Crippen molar-refractivity contribution in [2.45, 2.75) is 255 Å². The maximum Gasteiger partial charge on any atom is 0.323 e. The molecule has 30 fully saturated rings. The lowest BCUT2D eigenvalue weighted by Gasteiger charge is -2.50. The van der Waals surface area contributed by atoms with Crippen LogP contribution >= 0.6 is 0 Å². The van der Waals surface area contributed by atoms with E-state index in [1.807, 2.05) is 0 Å². The first-order valence-corrected chi connectivity index (χ1v) is 36.4. The summed E-state index contributed by atoms with van der Waals surface area (Å²) in [6, 6.07) is 9.37. The summed E-state index contributed by atoms with van der Waals surface area (Å²) in [5.41, 5.74) is 0.687. The van der Waals surface area contributed by atoms with Crippen molar-refractivity contribution in [2.24, 2.45) is 0 Å². The number of aliphatic hydroxyl groups is 23. The van der Waals surface area contributed by atoms with Gasteiger partial charge in [-0.3, -0.25) is 4.55 Å². The van der Waals surface area contributed by atoms with Crippen molar-refractivity contribution < 1.29 is 224 Å². The van der Waals surface area contributed by atoms with E-state index in [4.69, 9.17) is 85.0 Å². The monoisotopic (exact) mass is 1610 g/mol. The first-order chi connectivity index (χ1) is 51.2. The van der Waals surface area contributed by atoms with E-state index in [2.05, 4.69) is 0 Å². The summed E-state index contributed by atoms with van der Waals surface area (Å²) in [6.07, 6.45) is -86.3. The second kappa shape index (κ2) is 35.8. The van der Waals surface area contributed by atoms with E-state index < -0.39 is 329 Å². The molecule has 0 unspecified atom stereocenters. The van der Waals surface area contributed by atoms with Gasteiger partial charge in [-0.25, -0.2) is 4.89 Å². The molecule has 32 rings (SSSR count). The molecule has 30 heterocycles. The largest absolute Gasteiger partial charge is 0.394 e. The Morgan fingerprint density at radius 1 is 0.250 bits per heavy atom. The van der Waals surface area contributed by atoms with E-state index in [0.29, 0.717) is 11.1 Å². The van der Waals surface area contributed by atoms with Gasteiger partial charge in [-0.15, -0.1) is 4.33 Å². The van der Waals surface area contributed by atoms with Crippen LogP contribution in [0.5, 0.6) is 0 Å². The van der Waals surface area contributed by atoms with Gasteiger partial charge in [0.15, 0.2) is 50.3 Å². The predicted octanol–water partition coefficient (Wildman–Crippen LogP) is -15.1. The Balaban J connectivity index is 0.866. The quantitative estimate of drug-likeness (QED) is 0.0474. The summed E-state index contributed by atoms with van der Waals surface area (Å²) in [4.78, 5) is 4.11. The Kier molecular flexibility index (Phi) is 28.4. The number of rotatable bonds is 14. The highest BCUT2D eigenvalue weighted by Gasteiger charge is 2.61. The molecule has 24 N–H and O–H groups in total. The van der Waals surface area contributed by atoms with Crippen LogP contribution < -0.4 is 0 Å². The molecule has 0 amide bonds. The topological polar surface area (TPSA) is 720 Å². The molecule has 30 aliphatic heterocycles. The van der Waals surface area contributed by atoms with Gasteiger partial charge in [0.2, 0.25) is 0 Å². The van der Waals surface area contributed by atoms with Crippen molar-refractivity contribution in [2.75, 3.05) is 52.9 Å². The van der Waals surface area contributed by atoms with Crippen LogP contribution in [0, 0.1) is 0 Å². The van der Waals surface area contributed by atoms with Crippen LogP contribution in [0.25, 0.3) is 11.1 Å². The first kappa shape index (κ1) is 85.5. The SMILES string of the molecule is O=S(=O)(O)c1ccc(-c2ccc(S(=O)(=O)OOC[C@H]3O[C@@H]4O[C@H]5[C@H](O)[C@@H](O)[C@@H](O[C@H]6[C@H](O)[C@@H](O)[C@@H](O[C@H]7[C@H](O)[C@@H](O)[C@@H](O[C@H]8[C@H](O)[C@@H](O)[C@@H](O[C@H]9[C@H](O)[C@@H](O)[C@@H](O[C@H]%10[C@H](O)[C@@H](O)[C@@H](O[C@H]%11[C@H](O)[C@@H](O)[C@@H](O[C@H]3[C@H](O)[C@H]4O)O[C@@H]%11CO)O[C@@H]%10CO)O[C@@H]9CO)O[C@@H]8CO)O[C@@H]7CO)O[C@@H]6CO)O[C@@H]5CO)cc2)cc1. The number of hydrogen-bond donors (Lipinski definition) is 24. The van der Waals surface area contributed by atoms with Gasteiger partial charge in [0, 0.05) is 0 Å². The molecule has 30 aliphatic rings. The van der Waals surface area contributed by atoms with E-state index in [0.717, 1.165) is 24.3 Å². The molecule has 0 aromatic heterocycles. The minimum absolute atomic E-state index is 0.329. The standard InChI is InChI=1S/C60H88O46S2/c61-9-21-45-29(68)37(76)53(90-21)99-46-22(10-62)92-55(39(78)31(46)70)101-48-24(12-64)94-57(41(80)33(48)72)103-50-26(14-66)96-59(43(82)35(50)74)105-52-28(16-89-106-108(87,88)20-7-3-18(4-8-20)17-1-5-19(6-2-17)107(84,85)86)97-60(44(83)36(52)75)104-51-27(15-67)95-58(42(81)34(51)73)102-49-25(13-65)93-56(40(79)32(49)71)100-47-23(11-63)91-54(98-45)38(77)30(47)69/h1-8,21-83H,9-16H2,(H,84,85,86)/t21-,22-,23-,24-,25-,26-,27-,28-,29-,30-,31-,32-,33-,34-,35-,36-,37-,38-,39-,40-,41-,42-,43-,44-,45-,46-,47-,48-,49-,50-,51-,52-,53-,54-,55-,56-,57-,58-,59-,60-/m1/s1. The molecule has 108 heavy (non-hydrogen) atoms. The van der Waals surface area contributed by atoms with Gasteiger partial charge in [-0.05, 0) is 35.4 Å². The molecule has 30 saturated heterocycles. The van der Waals surface area contributed by atoms with Crippen LogP contribution in [0.3, 0.4) is 0 Å². The van der Waals surface area contributed by atoms with Gasteiger partial charge < -0.3 is 193 Å². The maximum absolute atomic E-state index is 13.6. The van der Waals surface area contributed by atoms with Crippen LogP contribution in [-0.2, 0) is 105 Å². The molecule has 16 bridgehead atoms. The summed E-state index contributed by atoms with van der Waals surface area (Å²) < 4.78 is 157. The molecule has 616 valence electrons. The lowest BCUT2D eigenvalue weighted by Crippen LogP contribution is -2.69. The van der Waals surface area contributed by atoms with E-state index in [-0.39, 0.29) is 0 Å². The Morgan fingerprint density at radius 2 is 0.426 bits per heavy atom. The maximum atomic E-state index is 13.6. The fourth-order valence-electron chi connectivity index (χ4n) is 13.7. The van der Waals surface area contributed by atoms with Crippen molar-refractivity contribution in [3.05, 3.63) is 48.5 Å². The van der Waals surface area contributed by atoms with E-state index in [9.17, 15) is 139 Å². The molecule has 0 aliphatic carbocycles. The van der Waals surface area contributed by atoms with Crippen LogP contribution in [0.2, 0.25) is 0 Å². The molecule has 0 radical (unpaired) electrons. The molecular formula is C60H88O46S2. The highest BCUT2D eigenvalue weighted by molar-refractivity contribution is 7.86. The van der Waals surface area contributed by atoms with Crippen LogP contribution in [-0.4, -0.2) is 437 Å². The fraction of sp³-hybridized carbons (Fsp3) is 0.800. The van der Waals surface area contributed by atoms with E-state index >= 15 is 0 Å². The molecule has 2 aromatic carbocycles. The van der Waals surface area contributed by atoms with Crippen molar-refractivity contribution in [1.82, 2.24) is 0 Å². The minimum atomic E-state index is -4.99. The normalized spacial score (nSPS) is 47.6. The van der Waals surface area contributed by atoms with Crippen molar-refractivity contribution in [3.8, 4) is 11.1 Å². The van der Waals surface area contributed by atoms with Gasteiger partial charge in [0.1, 0.15) is 202 Å². The highest BCUT2D eigenvalue weighted by Crippen LogP contribution is 2.41. The minimum Gasteiger partial charge on any atom is -0.394 e. The number of hydrogen-bond acceptors (Lipinski definition) is 45. The second-order valence-electron chi connectivity index (χ2n) is 26.6. The summed E-state index contributed by atoms with van der Waals surface area (Å²) in [5.74, 6) is 0.